The van der Waals surface area contributed by atoms with E-state index in [-0.39, 0.29) is 0 Å². The second-order valence-electron chi connectivity index (χ2n) is 5.85. The highest BCUT2D eigenvalue weighted by molar-refractivity contribution is 7.11. The van der Waals surface area contributed by atoms with Gasteiger partial charge in [-0.2, -0.15) is 0 Å². The largest absolute Gasteiger partial charge is 0.136 e. The maximum atomic E-state index is 2.42. The normalized spacial score (nSPS) is 22.7. The van der Waals surface area contributed by atoms with E-state index in [1.54, 1.807) is 5.56 Å². The summed E-state index contributed by atoms with van der Waals surface area (Å²) in [6.07, 6.45) is 15.0. The number of hydrogen-bond acceptors (Lipinski definition) is 1. The SMILES string of the molecule is CC1CC=Cc2sc3c(c21)=CC=CC(c1ccccc1)C=3. The molecule has 0 N–H and O–H groups in total. The highest BCUT2D eigenvalue weighted by atomic mass is 32.1. The Bertz CT molecular complexity index is 834. The zero-order valence-electron chi connectivity index (χ0n) is 12.1. The molecule has 1 heteroatoms. The summed E-state index contributed by atoms with van der Waals surface area (Å²) in [5.74, 6) is 1.01. The first-order chi connectivity index (χ1) is 10.3. The Morgan fingerprint density at radius 2 is 2.00 bits per heavy atom. The summed E-state index contributed by atoms with van der Waals surface area (Å²) < 4.78 is 1.43. The fraction of sp³-hybridized carbons (Fsp3) is 0.200. The minimum Gasteiger partial charge on any atom is -0.136 e. The zero-order chi connectivity index (χ0) is 14.2. The number of rotatable bonds is 1. The van der Waals surface area contributed by atoms with Crippen molar-refractivity contribution < 1.29 is 0 Å². The first kappa shape index (κ1) is 12.8. The first-order valence-electron chi connectivity index (χ1n) is 7.57. The Morgan fingerprint density at radius 3 is 2.86 bits per heavy atom. The summed E-state index contributed by atoms with van der Waals surface area (Å²) >= 11 is 1.94. The van der Waals surface area contributed by atoms with E-state index >= 15 is 0 Å². The van der Waals surface area contributed by atoms with E-state index in [1.807, 2.05) is 11.3 Å². The third-order valence-corrected chi connectivity index (χ3v) is 5.54. The molecule has 1 aromatic carbocycles. The summed E-state index contributed by atoms with van der Waals surface area (Å²) in [4.78, 5) is 1.45. The third-order valence-electron chi connectivity index (χ3n) is 4.39. The van der Waals surface area contributed by atoms with Crippen molar-refractivity contribution in [2.45, 2.75) is 25.2 Å². The predicted molar refractivity (Wildman–Crippen MR) is 92.9 cm³/mol. The molecule has 0 saturated heterocycles. The quantitative estimate of drug-likeness (QED) is 0.739. The van der Waals surface area contributed by atoms with E-state index in [2.05, 4.69) is 73.7 Å². The molecular formula is C20H18S. The van der Waals surface area contributed by atoms with E-state index in [0.717, 1.165) is 6.42 Å². The summed E-state index contributed by atoms with van der Waals surface area (Å²) in [6, 6.07) is 10.8. The predicted octanol–water partition coefficient (Wildman–Crippen LogP) is 4.18. The van der Waals surface area contributed by atoms with Crippen LogP contribution < -0.4 is 9.75 Å². The number of hydrogen-bond donors (Lipinski definition) is 0. The number of fused-ring (bicyclic) bond motifs is 3. The molecule has 104 valence electrons. The van der Waals surface area contributed by atoms with Gasteiger partial charge in [0.25, 0.3) is 0 Å². The number of benzene rings is 1. The number of allylic oxidation sites excluding steroid dienone is 3. The van der Waals surface area contributed by atoms with Gasteiger partial charge in [-0.15, -0.1) is 11.3 Å². The smallest absolute Gasteiger partial charge is 0.0321 e. The minimum absolute atomic E-state index is 0.378. The first-order valence-corrected chi connectivity index (χ1v) is 8.39. The molecule has 2 aliphatic rings. The molecule has 0 bridgehead atoms. The molecule has 0 saturated carbocycles. The lowest BCUT2D eigenvalue weighted by atomic mass is 9.92. The van der Waals surface area contributed by atoms with Gasteiger partial charge < -0.3 is 0 Å². The Morgan fingerprint density at radius 1 is 1.14 bits per heavy atom. The lowest BCUT2D eigenvalue weighted by Crippen LogP contribution is -2.23. The van der Waals surface area contributed by atoms with Gasteiger partial charge in [0.2, 0.25) is 0 Å². The molecule has 21 heavy (non-hydrogen) atoms. The zero-order valence-corrected chi connectivity index (χ0v) is 12.9. The van der Waals surface area contributed by atoms with Crippen molar-refractivity contribution in [2.75, 3.05) is 0 Å². The molecule has 2 atom stereocenters. The van der Waals surface area contributed by atoms with Crippen LogP contribution in [-0.4, -0.2) is 0 Å². The van der Waals surface area contributed by atoms with E-state index in [1.165, 1.54) is 20.2 Å². The maximum absolute atomic E-state index is 2.42. The average Bonchev–Trinajstić information content (AvgIpc) is 2.73. The van der Waals surface area contributed by atoms with Gasteiger partial charge in [-0.1, -0.05) is 67.6 Å². The average molecular weight is 290 g/mol. The van der Waals surface area contributed by atoms with Crippen molar-refractivity contribution in [1.82, 2.24) is 0 Å². The molecule has 2 aliphatic carbocycles. The van der Waals surface area contributed by atoms with Crippen LogP contribution in [0, 0.1) is 0 Å². The van der Waals surface area contributed by atoms with Crippen molar-refractivity contribution in [1.29, 1.82) is 0 Å². The van der Waals surface area contributed by atoms with Crippen LogP contribution in [0.5, 0.6) is 0 Å². The van der Waals surface area contributed by atoms with E-state index in [0.29, 0.717) is 11.8 Å². The Hall–Kier alpha value is -1.86. The highest BCUT2D eigenvalue weighted by Gasteiger charge is 2.18. The van der Waals surface area contributed by atoms with Crippen LogP contribution in [0.25, 0.3) is 18.2 Å². The fourth-order valence-electron chi connectivity index (χ4n) is 3.29. The van der Waals surface area contributed by atoms with Crippen LogP contribution in [0.4, 0.5) is 0 Å². The van der Waals surface area contributed by atoms with Crippen LogP contribution in [0.3, 0.4) is 0 Å². The summed E-state index contributed by atoms with van der Waals surface area (Å²) in [5.41, 5.74) is 2.91. The van der Waals surface area contributed by atoms with Crippen molar-refractivity contribution in [3.05, 3.63) is 74.3 Å². The van der Waals surface area contributed by atoms with Gasteiger partial charge >= 0.3 is 0 Å². The van der Waals surface area contributed by atoms with E-state index in [9.17, 15) is 0 Å². The monoisotopic (exact) mass is 290 g/mol. The highest BCUT2D eigenvalue weighted by Crippen LogP contribution is 2.29. The molecule has 4 rings (SSSR count). The molecule has 1 aromatic heterocycles. The fourth-order valence-corrected chi connectivity index (χ4v) is 4.62. The van der Waals surface area contributed by atoms with Gasteiger partial charge in [0, 0.05) is 15.3 Å². The Labute approximate surface area is 129 Å². The second kappa shape index (κ2) is 5.16. The van der Waals surface area contributed by atoms with E-state index < -0.39 is 0 Å². The lowest BCUT2D eigenvalue weighted by molar-refractivity contribution is 0.771. The molecule has 0 fully saturated rings. The van der Waals surface area contributed by atoms with Crippen LogP contribution in [0.1, 0.15) is 41.2 Å². The Kier molecular flexibility index (Phi) is 3.16. The molecule has 0 radical (unpaired) electrons. The Balaban J connectivity index is 1.91. The standard InChI is InChI=1S/C20H18S/c1-14-7-5-12-18-20(14)17-11-6-10-16(13-19(17)21-18)15-8-3-2-4-9-15/h2-6,8-14,16H,7H2,1H3. The second-order valence-corrected chi connectivity index (χ2v) is 6.94. The topological polar surface area (TPSA) is 0 Å². The summed E-state index contributed by atoms with van der Waals surface area (Å²) in [6.45, 7) is 2.34. The van der Waals surface area contributed by atoms with Crippen LogP contribution in [0.2, 0.25) is 0 Å². The van der Waals surface area contributed by atoms with Gasteiger partial charge in [0.15, 0.2) is 0 Å². The van der Waals surface area contributed by atoms with Crippen molar-refractivity contribution in [2.24, 2.45) is 0 Å². The van der Waals surface area contributed by atoms with E-state index in [4.69, 9.17) is 0 Å². The van der Waals surface area contributed by atoms with Gasteiger partial charge in [-0.25, -0.2) is 0 Å². The van der Waals surface area contributed by atoms with Crippen molar-refractivity contribution >= 4 is 29.6 Å². The van der Waals surface area contributed by atoms with Crippen LogP contribution in [0.15, 0.2) is 48.6 Å². The summed E-state index contributed by atoms with van der Waals surface area (Å²) in [5, 5.41) is 1.45. The van der Waals surface area contributed by atoms with Gasteiger partial charge in [-0.05, 0) is 34.8 Å². The van der Waals surface area contributed by atoms with Crippen LogP contribution in [-0.2, 0) is 0 Å². The number of thiophene rings is 1. The molecule has 1 heterocycles. The molecular weight excluding hydrogens is 272 g/mol. The molecule has 0 amide bonds. The van der Waals surface area contributed by atoms with Crippen molar-refractivity contribution in [3.63, 3.8) is 0 Å². The maximum Gasteiger partial charge on any atom is 0.0321 e. The molecule has 2 aromatic rings. The molecule has 2 unspecified atom stereocenters. The lowest BCUT2D eigenvalue weighted by Gasteiger charge is -2.13. The summed E-state index contributed by atoms with van der Waals surface area (Å²) in [7, 11) is 0. The van der Waals surface area contributed by atoms with Gasteiger partial charge in [0.1, 0.15) is 0 Å². The van der Waals surface area contributed by atoms with Gasteiger partial charge in [0.05, 0.1) is 0 Å². The van der Waals surface area contributed by atoms with Crippen molar-refractivity contribution in [3.8, 4) is 0 Å². The minimum atomic E-state index is 0.378. The molecule has 0 aliphatic heterocycles. The molecule has 0 nitrogen and oxygen atoms in total. The van der Waals surface area contributed by atoms with Gasteiger partial charge in [-0.3, -0.25) is 0 Å². The molecule has 0 spiro atoms. The third kappa shape index (κ3) is 2.22. The van der Waals surface area contributed by atoms with Crippen LogP contribution >= 0.6 is 11.3 Å².